The summed E-state index contributed by atoms with van der Waals surface area (Å²) in [5.74, 6) is 2.28. The fraction of sp³-hybridized carbons (Fsp3) is 0.737. The number of fused-ring (bicyclic) bond motifs is 1. The van der Waals surface area contributed by atoms with Crippen molar-refractivity contribution in [2.75, 3.05) is 0 Å². The van der Waals surface area contributed by atoms with Crippen molar-refractivity contribution < 1.29 is 4.79 Å². The Bertz CT molecular complexity index is 496. The van der Waals surface area contributed by atoms with Crippen molar-refractivity contribution in [2.24, 2.45) is 23.2 Å². The molecule has 3 aliphatic rings. The molecular weight excluding hydrogens is 338 g/mol. The van der Waals surface area contributed by atoms with Crippen molar-refractivity contribution in [1.82, 2.24) is 5.32 Å². The van der Waals surface area contributed by atoms with Gasteiger partial charge in [-0.15, -0.1) is 0 Å². The van der Waals surface area contributed by atoms with Gasteiger partial charge in [0.25, 0.3) is 0 Å². The number of amides is 1. The summed E-state index contributed by atoms with van der Waals surface area (Å²) in [6.45, 7) is 8.79. The van der Waals surface area contributed by atoms with Gasteiger partial charge in [0.2, 0.25) is 5.91 Å². The van der Waals surface area contributed by atoms with Crippen LogP contribution in [-0.4, -0.2) is 11.9 Å². The Balaban J connectivity index is 1.69. The molecule has 1 amide bonds. The Morgan fingerprint density at radius 2 is 2.27 bits per heavy atom. The average Bonchev–Trinajstić information content (AvgIpc) is 2.98. The lowest BCUT2D eigenvalue weighted by Crippen LogP contribution is -2.37. The molecule has 0 aromatic carbocycles. The van der Waals surface area contributed by atoms with Crippen LogP contribution >= 0.6 is 15.9 Å². The van der Waals surface area contributed by atoms with Gasteiger partial charge in [0, 0.05) is 11.6 Å². The van der Waals surface area contributed by atoms with E-state index in [0.29, 0.717) is 17.4 Å². The van der Waals surface area contributed by atoms with Crippen LogP contribution in [-0.2, 0) is 4.79 Å². The fourth-order valence-electron chi connectivity index (χ4n) is 5.63. The highest BCUT2D eigenvalue weighted by molar-refractivity contribution is 9.11. The van der Waals surface area contributed by atoms with Crippen LogP contribution in [0.25, 0.3) is 0 Å². The molecule has 122 valence electrons. The van der Waals surface area contributed by atoms with Crippen LogP contribution in [0.1, 0.15) is 58.8 Å². The molecule has 3 heteroatoms. The van der Waals surface area contributed by atoms with Gasteiger partial charge in [0.1, 0.15) is 0 Å². The zero-order valence-electron chi connectivity index (χ0n) is 13.8. The molecule has 1 N–H and O–H groups in total. The van der Waals surface area contributed by atoms with Gasteiger partial charge < -0.3 is 5.32 Å². The van der Waals surface area contributed by atoms with Crippen LogP contribution in [0.15, 0.2) is 22.7 Å². The number of nitrogens with one attached hydrogen (secondary N) is 1. The van der Waals surface area contributed by atoms with E-state index < -0.39 is 0 Å². The molecule has 1 aliphatic heterocycles. The Hall–Kier alpha value is -0.570. The summed E-state index contributed by atoms with van der Waals surface area (Å²) in [6, 6.07) is 0.312. The lowest BCUT2D eigenvalue weighted by molar-refractivity contribution is -0.116. The van der Waals surface area contributed by atoms with Crippen molar-refractivity contribution in [2.45, 2.75) is 64.8 Å². The smallest absolute Gasteiger partial charge is 0.246 e. The maximum Gasteiger partial charge on any atom is 0.246 e. The van der Waals surface area contributed by atoms with Gasteiger partial charge in [-0.1, -0.05) is 41.9 Å². The third kappa shape index (κ3) is 2.70. The maximum atomic E-state index is 11.6. The molecule has 0 spiro atoms. The minimum absolute atomic E-state index is 0.0647. The molecular formula is C19H28BrNO. The summed E-state index contributed by atoms with van der Waals surface area (Å²) < 4.78 is 0. The fourth-order valence-corrected chi connectivity index (χ4v) is 6.18. The topological polar surface area (TPSA) is 29.1 Å². The molecule has 0 bridgehead atoms. The molecule has 2 saturated carbocycles. The van der Waals surface area contributed by atoms with E-state index in [1.807, 2.05) is 0 Å². The zero-order valence-corrected chi connectivity index (χ0v) is 15.4. The van der Waals surface area contributed by atoms with Gasteiger partial charge in [0.05, 0.1) is 0 Å². The van der Waals surface area contributed by atoms with E-state index in [0.717, 1.165) is 30.3 Å². The highest BCUT2D eigenvalue weighted by Gasteiger charge is 2.50. The summed E-state index contributed by atoms with van der Waals surface area (Å²) in [7, 11) is 0. The quantitative estimate of drug-likeness (QED) is 0.704. The minimum Gasteiger partial charge on any atom is -0.349 e. The largest absolute Gasteiger partial charge is 0.349 e. The molecule has 2 nitrogen and oxygen atoms in total. The molecule has 2 unspecified atom stereocenters. The van der Waals surface area contributed by atoms with Crippen LogP contribution in [0.3, 0.4) is 0 Å². The lowest BCUT2D eigenvalue weighted by atomic mass is 9.61. The number of rotatable bonds is 3. The molecule has 3 fully saturated rings. The van der Waals surface area contributed by atoms with Gasteiger partial charge in [-0.25, -0.2) is 0 Å². The SMILES string of the molecule is C=C1CC(C[C@@H](C)[C@H]2CCC3C(=CBr)CCC[C@@]32C)NC1=O. The predicted octanol–water partition coefficient (Wildman–Crippen LogP) is 4.95. The first-order chi connectivity index (χ1) is 10.5. The van der Waals surface area contributed by atoms with Crippen molar-refractivity contribution in [3.8, 4) is 0 Å². The van der Waals surface area contributed by atoms with Crippen molar-refractivity contribution in [3.05, 3.63) is 22.7 Å². The normalized spacial score (nSPS) is 41.6. The first-order valence-corrected chi connectivity index (χ1v) is 9.65. The molecule has 5 atom stereocenters. The standard InChI is InChI=1S/C19H28BrNO/c1-12(9-15-10-13(2)18(22)21-15)16-6-7-17-14(11-20)5-4-8-19(16,17)3/h11-12,15-17H,2,4-10H2,1,3H3,(H,21,22)/t12-,15?,16-,17?,19-/m1/s1. The minimum atomic E-state index is 0.0647. The van der Waals surface area contributed by atoms with Crippen molar-refractivity contribution >= 4 is 21.8 Å². The van der Waals surface area contributed by atoms with E-state index in [1.54, 1.807) is 5.57 Å². The molecule has 0 radical (unpaired) electrons. The number of allylic oxidation sites excluding steroid dienone is 1. The first kappa shape index (κ1) is 16.3. The van der Waals surface area contributed by atoms with Crippen molar-refractivity contribution in [1.29, 1.82) is 0 Å². The van der Waals surface area contributed by atoms with Gasteiger partial charge >= 0.3 is 0 Å². The zero-order chi connectivity index (χ0) is 15.9. The van der Waals surface area contributed by atoms with Gasteiger partial charge in [-0.2, -0.15) is 0 Å². The maximum absolute atomic E-state index is 11.6. The van der Waals surface area contributed by atoms with E-state index in [9.17, 15) is 4.79 Å². The number of halogens is 1. The molecule has 0 aromatic heterocycles. The van der Waals surface area contributed by atoms with Crippen LogP contribution < -0.4 is 5.32 Å². The van der Waals surface area contributed by atoms with E-state index in [2.05, 4.69) is 46.7 Å². The van der Waals surface area contributed by atoms with Gasteiger partial charge in [-0.05, 0) is 73.1 Å². The second-order valence-electron chi connectivity index (χ2n) is 7.97. The summed E-state index contributed by atoms with van der Waals surface area (Å²) in [4.78, 5) is 13.8. The van der Waals surface area contributed by atoms with E-state index in [1.165, 1.54) is 32.1 Å². The highest BCUT2D eigenvalue weighted by atomic mass is 79.9. The van der Waals surface area contributed by atoms with Gasteiger partial charge in [-0.3, -0.25) is 4.79 Å². The predicted molar refractivity (Wildman–Crippen MR) is 94.7 cm³/mol. The van der Waals surface area contributed by atoms with E-state index in [-0.39, 0.29) is 5.91 Å². The van der Waals surface area contributed by atoms with Gasteiger partial charge in [0.15, 0.2) is 0 Å². The van der Waals surface area contributed by atoms with E-state index in [4.69, 9.17) is 0 Å². The third-order valence-corrected chi connectivity index (χ3v) is 7.26. The highest BCUT2D eigenvalue weighted by Crippen LogP contribution is 2.60. The van der Waals surface area contributed by atoms with Crippen LogP contribution in [0.4, 0.5) is 0 Å². The summed E-state index contributed by atoms with van der Waals surface area (Å²) in [6.07, 6.45) is 8.57. The second-order valence-corrected chi connectivity index (χ2v) is 8.43. The van der Waals surface area contributed by atoms with Crippen LogP contribution in [0.5, 0.6) is 0 Å². The monoisotopic (exact) mass is 365 g/mol. The van der Waals surface area contributed by atoms with Crippen LogP contribution in [0, 0.1) is 23.2 Å². The Morgan fingerprint density at radius 1 is 1.50 bits per heavy atom. The third-order valence-electron chi connectivity index (χ3n) is 6.67. The molecule has 1 saturated heterocycles. The Morgan fingerprint density at radius 3 is 2.91 bits per heavy atom. The van der Waals surface area contributed by atoms with E-state index >= 15 is 0 Å². The average molecular weight is 366 g/mol. The second kappa shape index (κ2) is 6.14. The molecule has 3 rings (SSSR count). The molecule has 1 heterocycles. The number of hydrogen-bond donors (Lipinski definition) is 1. The molecule has 22 heavy (non-hydrogen) atoms. The molecule has 0 aromatic rings. The summed E-state index contributed by atoms with van der Waals surface area (Å²) >= 11 is 3.59. The van der Waals surface area contributed by atoms with Crippen LogP contribution in [0.2, 0.25) is 0 Å². The number of hydrogen-bond acceptors (Lipinski definition) is 1. The Kier molecular flexibility index (Phi) is 4.55. The lowest BCUT2D eigenvalue weighted by Gasteiger charge is -2.44. The summed E-state index contributed by atoms with van der Waals surface area (Å²) in [5.41, 5.74) is 2.84. The number of carbonyl (C=O) groups is 1. The number of carbonyl (C=O) groups excluding carboxylic acids is 1. The first-order valence-electron chi connectivity index (χ1n) is 8.73. The van der Waals surface area contributed by atoms with Crippen molar-refractivity contribution in [3.63, 3.8) is 0 Å². The molecule has 2 aliphatic carbocycles. The Labute approximate surface area is 142 Å². The summed E-state index contributed by atoms with van der Waals surface area (Å²) in [5, 5.41) is 3.11.